The second kappa shape index (κ2) is 14.8. The standard InChI is InChI=1S/C21H36N4O3.HI/c1-5-22-21(23-9-6-10-28-15-18-7-11-27-12-8-18)25-14-19-17(3)20(26-4)16(2)13-24-19;/h13,18H,5-12,14-15H2,1-4H3,(H2,22,23,25);1H. The molecule has 0 aliphatic carbocycles. The number of aliphatic imine (C=N–C) groups is 1. The molecule has 2 rings (SSSR count). The van der Waals surface area contributed by atoms with Gasteiger partial charge in [0.25, 0.3) is 0 Å². The van der Waals surface area contributed by atoms with Crippen LogP contribution in [-0.4, -0.2) is 57.6 Å². The van der Waals surface area contributed by atoms with Gasteiger partial charge in [0, 0.05) is 56.8 Å². The lowest BCUT2D eigenvalue weighted by molar-refractivity contribution is 0.0203. The van der Waals surface area contributed by atoms with E-state index in [-0.39, 0.29) is 24.0 Å². The Morgan fingerprint density at radius 1 is 1.28 bits per heavy atom. The van der Waals surface area contributed by atoms with Crippen molar-refractivity contribution in [2.75, 3.05) is 46.6 Å². The second-order valence-corrected chi connectivity index (χ2v) is 7.15. The predicted octanol–water partition coefficient (Wildman–Crippen LogP) is 3.21. The summed E-state index contributed by atoms with van der Waals surface area (Å²) in [6, 6.07) is 0. The van der Waals surface area contributed by atoms with E-state index in [1.54, 1.807) is 7.11 Å². The third-order valence-electron chi connectivity index (χ3n) is 4.93. The fourth-order valence-electron chi connectivity index (χ4n) is 3.27. The third-order valence-corrected chi connectivity index (χ3v) is 4.93. The molecule has 1 aliphatic rings. The first-order valence-electron chi connectivity index (χ1n) is 10.3. The zero-order chi connectivity index (χ0) is 20.2. The number of ether oxygens (including phenoxy) is 3. The van der Waals surface area contributed by atoms with Gasteiger partial charge in [0.15, 0.2) is 5.96 Å². The van der Waals surface area contributed by atoms with Gasteiger partial charge in [-0.3, -0.25) is 4.98 Å². The smallest absolute Gasteiger partial charge is 0.191 e. The highest BCUT2D eigenvalue weighted by Gasteiger charge is 2.13. The minimum Gasteiger partial charge on any atom is -0.496 e. The van der Waals surface area contributed by atoms with Crippen LogP contribution in [0, 0.1) is 19.8 Å². The fraction of sp³-hybridized carbons (Fsp3) is 0.714. The number of aryl methyl sites for hydroxylation is 1. The van der Waals surface area contributed by atoms with Gasteiger partial charge in [-0.1, -0.05) is 0 Å². The number of halogens is 1. The van der Waals surface area contributed by atoms with Gasteiger partial charge in [0.05, 0.1) is 19.3 Å². The quantitative estimate of drug-likeness (QED) is 0.214. The molecule has 8 heteroatoms. The number of hydrogen-bond donors (Lipinski definition) is 2. The Labute approximate surface area is 192 Å². The number of rotatable bonds is 10. The van der Waals surface area contributed by atoms with E-state index in [0.29, 0.717) is 12.5 Å². The van der Waals surface area contributed by atoms with Gasteiger partial charge in [-0.25, -0.2) is 4.99 Å². The number of nitrogens with one attached hydrogen (secondary N) is 2. The van der Waals surface area contributed by atoms with Crippen molar-refractivity contribution in [3.05, 3.63) is 23.0 Å². The molecule has 0 spiro atoms. The molecule has 2 N–H and O–H groups in total. The van der Waals surface area contributed by atoms with Crippen LogP contribution in [0.1, 0.15) is 43.0 Å². The van der Waals surface area contributed by atoms with Gasteiger partial charge in [-0.05, 0) is 46.0 Å². The molecule has 0 amide bonds. The van der Waals surface area contributed by atoms with E-state index < -0.39 is 0 Å². The molecule has 0 bridgehead atoms. The molecule has 7 nitrogen and oxygen atoms in total. The highest BCUT2D eigenvalue weighted by atomic mass is 127. The largest absolute Gasteiger partial charge is 0.496 e. The van der Waals surface area contributed by atoms with Crippen LogP contribution in [-0.2, 0) is 16.0 Å². The molecular weight excluding hydrogens is 483 g/mol. The summed E-state index contributed by atoms with van der Waals surface area (Å²) in [5, 5.41) is 6.65. The molecule has 1 aromatic rings. The topological polar surface area (TPSA) is 77.0 Å². The Bertz CT molecular complexity index is 622. The van der Waals surface area contributed by atoms with Crippen LogP contribution in [0.15, 0.2) is 11.2 Å². The summed E-state index contributed by atoms with van der Waals surface area (Å²) >= 11 is 0. The third kappa shape index (κ3) is 9.04. The lowest BCUT2D eigenvalue weighted by Crippen LogP contribution is -2.38. The molecular formula is C21H37IN4O3. The first-order valence-corrected chi connectivity index (χ1v) is 10.3. The van der Waals surface area contributed by atoms with Gasteiger partial charge in [-0.15, -0.1) is 24.0 Å². The molecule has 0 radical (unpaired) electrons. The van der Waals surface area contributed by atoms with Gasteiger partial charge in [0.2, 0.25) is 0 Å². The van der Waals surface area contributed by atoms with Crippen LogP contribution in [0.25, 0.3) is 0 Å². The van der Waals surface area contributed by atoms with Gasteiger partial charge in [0.1, 0.15) is 5.75 Å². The average molecular weight is 520 g/mol. The number of methoxy groups -OCH3 is 1. The molecule has 0 saturated carbocycles. The first-order chi connectivity index (χ1) is 13.7. The lowest BCUT2D eigenvalue weighted by Gasteiger charge is -2.21. The molecule has 1 aromatic heterocycles. The summed E-state index contributed by atoms with van der Waals surface area (Å²) in [6.07, 6.45) is 5.02. The van der Waals surface area contributed by atoms with Crippen LogP contribution in [0.2, 0.25) is 0 Å². The summed E-state index contributed by atoms with van der Waals surface area (Å²) in [7, 11) is 1.69. The number of guanidine groups is 1. The molecule has 0 unspecified atom stereocenters. The highest BCUT2D eigenvalue weighted by Crippen LogP contribution is 2.24. The van der Waals surface area contributed by atoms with Crippen LogP contribution >= 0.6 is 24.0 Å². The van der Waals surface area contributed by atoms with Crippen LogP contribution in [0.3, 0.4) is 0 Å². The summed E-state index contributed by atoms with van der Waals surface area (Å²) in [4.78, 5) is 9.17. The van der Waals surface area contributed by atoms with E-state index in [2.05, 4.69) is 27.5 Å². The van der Waals surface area contributed by atoms with Gasteiger partial charge in [-0.2, -0.15) is 0 Å². The summed E-state index contributed by atoms with van der Waals surface area (Å²) in [6.45, 7) is 11.6. The molecule has 166 valence electrons. The number of pyridine rings is 1. The second-order valence-electron chi connectivity index (χ2n) is 7.15. The van der Waals surface area contributed by atoms with E-state index in [9.17, 15) is 0 Å². The Morgan fingerprint density at radius 2 is 2.03 bits per heavy atom. The SMILES string of the molecule is CCNC(=NCc1ncc(C)c(OC)c1C)NCCCOCC1CCOCC1.I. The zero-order valence-electron chi connectivity index (χ0n) is 18.3. The molecule has 1 fully saturated rings. The van der Waals surface area contributed by atoms with Crippen molar-refractivity contribution in [2.45, 2.75) is 46.6 Å². The first kappa shape index (κ1) is 25.9. The molecule has 1 saturated heterocycles. The Kier molecular flexibility index (Phi) is 13.2. The molecule has 29 heavy (non-hydrogen) atoms. The van der Waals surface area contributed by atoms with Crippen LogP contribution in [0.5, 0.6) is 5.75 Å². The lowest BCUT2D eigenvalue weighted by atomic mass is 10.0. The Balaban J connectivity index is 0.00000420. The Morgan fingerprint density at radius 3 is 2.72 bits per heavy atom. The van der Waals surface area contributed by atoms with Crippen molar-refractivity contribution in [1.82, 2.24) is 15.6 Å². The molecule has 1 aliphatic heterocycles. The molecule has 0 atom stereocenters. The van der Waals surface area contributed by atoms with E-state index >= 15 is 0 Å². The maximum atomic E-state index is 5.82. The van der Waals surface area contributed by atoms with E-state index in [0.717, 1.165) is 87.3 Å². The zero-order valence-corrected chi connectivity index (χ0v) is 20.6. The number of hydrogen-bond acceptors (Lipinski definition) is 5. The summed E-state index contributed by atoms with van der Waals surface area (Å²) in [5.41, 5.74) is 3.02. The molecule has 2 heterocycles. The number of nitrogens with zero attached hydrogens (tertiary/aromatic N) is 2. The predicted molar refractivity (Wildman–Crippen MR) is 127 cm³/mol. The van der Waals surface area contributed by atoms with Crippen molar-refractivity contribution in [3.63, 3.8) is 0 Å². The monoisotopic (exact) mass is 520 g/mol. The van der Waals surface area contributed by atoms with Gasteiger partial charge >= 0.3 is 0 Å². The van der Waals surface area contributed by atoms with Crippen molar-refractivity contribution in [2.24, 2.45) is 10.9 Å². The minimum absolute atomic E-state index is 0. The normalized spacial score (nSPS) is 15.0. The van der Waals surface area contributed by atoms with E-state index in [1.807, 2.05) is 20.0 Å². The van der Waals surface area contributed by atoms with Crippen molar-refractivity contribution in [1.29, 1.82) is 0 Å². The van der Waals surface area contributed by atoms with Crippen LogP contribution in [0.4, 0.5) is 0 Å². The van der Waals surface area contributed by atoms with Gasteiger partial charge < -0.3 is 24.8 Å². The fourth-order valence-corrected chi connectivity index (χ4v) is 3.27. The Hall–Kier alpha value is -1.13. The maximum absolute atomic E-state index is 5.82. The summed E-state index contributed by atoms with van der Waals surface area (Å²) < 4.78 is 16.7. The molecule has 0 aromatic carbocycles. The van der Waals surface area contributed by atoms with Crippen molar-refractivity contribution >= 4 is 29.9 Å². The highest BCUT2D eigenvalue weighted by molar-refractivity contribution is 14.0. The van der Waals surface area contributed by atoms with E-state index in [1.165, 1.54) is 0 Å². The van der Waals surface area contributed by atoms with E-state index in [4.69, 9.17) is 14.2 Å². The average Bonchev–Trinajstić information content (AvgIpc) is 2.71. The number of aromatic nitrogens is 1. The summed E-state index contributed by atoms with van der Waals surface area (Å²) in [5.74, 6) is 2.34. The minimum atomic E-state index is 0. The van der Waals surface area contributed by atoms with Crippen molar-refractivity contribution in [3.8, 4) is 5.75 Å². The van der Waals surface area contributed by atoms with Crippen LogP contribution < -0.4 is 15.4 Å². The van der Waals surface area contributed by atoms with Crippen molar-refractivity contribution < 1.29 is 14.2 Å². The maximum Gasteiger partial charge on any atom is 0.191 e.